The maximum absolute atomic E-state index is 10.3. The van der Waals surface area contributed by atoms with Gasteiger partial charge in [-0.15, -0.1) is 0 Å². The van der Waals surface area contributed by atoms with Crippen LogP contribution in [0.3, 0.4) is 0 Å². The van der Waals surface area contributed by atoms with Crippen molar-refractivity contribution in [2.75, 3.05) is 0 Å². The van der Waals surface area contributed by atoms with Crippen molar-refractivity contribution in [2.45, 2.75) is 18.4 Å². The monoisotopic (exact) mass is 340 g/mol. The van der Waals surface area contributed by atoms with Crippen molar-refractivity contribution in [1.82, 2.24) is 0 Å². The molecule has 4 N–H and O–H groups in total. The van der Waals surface area contributed by atoms with Crippen molar-refractivity contribution in [2.24, 2.45) is 0 Å². The third-order valence-electron chi connectivity index (χ3n) is 1.29. The zero-order valence-corrected chi connectivity index (χ0v) is 11.9. The van der Waals surface area contributed by atoms with E-state index in [0.717, 1.165) is 0 Å². The Hall–Kier alpha value is -2.46. The fourth-order valence-corrected chi connectivity index (χ4v) is 0.714. The third kappa shape index (κ3) is 26.2. The topological polar surface area (TPSA) is 265 Å². The standard InChI is InChI=1S/C6H8O7.Mg.2NO3/c7-3(8)1-6(13,5(11)12)2-4(9)10;;2*2-1(3)4/h13H,1-2H2,(H,7,8)(H,9,10)(H,11,12);;;/q;+2;2*-1. The zero-order chi connectivity index (χ0) is 17.8. The molecule has 0 amide bonds. The van der Waals surface area contributed by atoms with Gasteiger partial charge in [-0.25, -0.2) is 4.79 Å². The van der Waals surface area contributed by atoms with Crippen LogP contribution in [0, 0.1) is 30.6 Å². The maximum atomic E-state index is 10.3. The summed E-state index contributed by atoms with van der Waals surface area (Å²) in [4.78, 5) is 47.0. The number of nitrogens with zero attached hydrogens (tertiary/aromatic N) is 2. The van der Waals surface area contributed by atoms with Gasteiger partial charge in [-0.1, -0.05) is 0 Å². The minimum atomic E-state index is -2.74. The molecule has 0 aromatic rings. The van der Waals surface area contributed by atoms with Gasteiger partial charge in [0, 0.05) is 0 Å². The molecule has 0 saturated heterocycles. The molecule has 0 heterocycles. The summed E-state index contributed by atoms with van der Waals surface area (Å²) in [5.41, 5.74) is -2.74. The Morgan fingerprint density at radius 3 is 1.09 bits per heavy atom. The van der Waals surface area contributed by atoms with Crippen LogP contribution >= 0.6 is 0 Å². The van der Waals surface area contributed by atoms with Crippen molar-refractivity contribution in [3.63, 3.8) is 0 Å². The molecule has 15 nitrogen and oxygen atoms in total. The van der Waals surface area contributed by atoms with E-state index in [9.17, 15) is 14.4 Å². The Bertz CT molecular complexity index is 373. The minimum absolute atomic E-state index is 0. The fraction of sp³-hybridized carbons (Fsp3) is 0.500. The molecule has 0 spiro atoms. The van der Waals surface area contributed by atoms with Crippen LogP contribution in [-0.4, -0.2) is 77.2 Å². The van der Waals surface area contributed by atoms with Crippen LogP contribution in [0.1, 0.15) is 12.8 Å². The number of carboxylic acids is 3. The molecule has 0 radical (unpaired) electrons. The van der Waals surface area contributed by atoms with Crippen LogP contribution in [0.5, 0.6) is 0 Å². The van der Waals surface area contributed by atoms with Crippen LogP contribution in [-0.2, 0) is 14.4 Å². The first-order valence-electron chi connectivity index (χ1n) is 4.27. The molecule has 0 aliphatic rings. The smallest absolute Gasteiger partial charge is 0.481 e. The molecule has 0 saturated carbocycles. The molecular formula is C6H8MgN2O13. The van der Waals surface area contributed by atoms with Gasteiger partial charge in [0.2, 0.25) is 0 Å². The average Bonchev–Trinajstić information content (AvgIpc) is 2.11. The predicted octanol–water partition coefficient (Wildman–Crippen LogP) is -2.11. The van der Waals surface area contributed by atoms with Crippen LogP contribution in [0.2, 0.25) is 0 Å². The Morgan fingerprint density at radius 1 is 0.818 bits per heavy atom. The van der Waals surface area contributed by atoms with Gasteiger partial charge >= 0.3 is 41.0 Å². The normalized spacial score (nSPS) is 8.59. The molecule has 0 aliphatic heterocycles. The molecule has 122 valence electrons. The zero-order valence-electron chi connectivity index (χ0n) is 10.5. The van der Waals surface area contributed by atoms with E-state index in [1.165, 1.54) is 0 Å². The summed E-state index contributed by atoms with van der Waals surface area (Å²) in [6.07, 6.45) is -2.29. The van der Waals surface area contributed by atoms with E-state index in [1.807, 2.05) is 0 Å². The second kappa shape index (κ2) is 13.5. The van der Waals surface area contributed by atoms with Crippen molar-refractivity contribution >= 4 is 41.0 Å². The van der Waals surface area contributed by atoms with Crippen molar-refractivity contribution in [3.8, 4) is 0 Å². The number of rotatable bonds is 5. The summed E-state index contributed by atoms with van der Waals surface area (Å²) in [5.74, 6) is -5.02. The molecule has 0 unspecified atom stereocenters. The van der Waals surface area contributed by atoms with E-state index in [0.29, 0.717) is 0 Å². The summed E-state index contributed by atoms with van der Waals surface area (Å²) in [6.45, 7) is 0. The van der Waals surface area contributed by atoms with E-state index >= 15 is 0 Å². The van der Waals surface area contributed by atoms with Gasteiger partial charge < -0.3 is 51.1 Å². The molecule has 0 aliphatic carbocycles. The molecule has 22 heavy (non-hydrogen) atoms. The number of carboxylic acid groups (broad SMARTS) is 3. The van der Waals surface area contributed by atoms with E-state index in [2.05, 4.69) is 0 Å². The second-order valence-electron chi connectivity index (χ2n) is 2.92. The molecule has 0 atom stereocenters. The SMILES string of the molecule is O=C(O)CC(O)(CC(=O)O)C(=O)O.O=[N+]([O-])[O-].O=[N+]([O-])[O-].[Mg+2]. The van der Waals surface area contributed by atoms with Gasteiger partial charge in [0.05, 0.1) is 23.0 Å². The molecule has 0 bridgehead atoms. The molecule has 0 fully saturated rings. The van der Waals surface area contributed by atoms with Crippen LogP contribution in [0.15, 0.2) is 0 Å². The van der Waals surface area contributed by atoms with Gasteiger partial charge in [0.15, 0.2) is 5.60 Å². The number of hydrogen-bond donors (Lipinski definition) is 4. The number of hydrogen-bond acceptors (Lipinski definition) is 10. The summed E-state index contributed by atoms with van der Waals surface area (Å²) >= 11 is 0. The number of aliphatic hydroxyl groups is 1. The van der Waals surface area contributed by atoms with Gasteiger partial charge in [0.1, 0.15) is 0 Å². The van der Waals surface area contributed by atoms with E-state index in [-0.39, 0.29) is 23.1 Å². The quantitative estimate of drug-likeness (QED) is 0.237. The maximum Gasteiger partial charge on any atom is 2.00 e. The van der Waals surface area contributed by atoms with Crippen molar-refractivity contribution < 1.29 is 45.0 Å². The molecule has 0 aromatic heterocycles. The Kier molecular flexibility index (Phi) is 17.1. The van der Waals surface area contributed by atoms with E-state index in [1.54, 1.807) is 0 Å². The summed E-state index contributed by atoms with van der Waals surface area (Å²) in [5, 5.41) is 63.3. The predicted molar refractivity (Wildman–Crippen MR) is 63.6 cm³/mol. The largest absolute Gasteiger partial charge is 2.00 e. The van der Waals surface area contributed by atoms with Crippen molar-refractivity contribution in [1.29, 1.82) is 0 Å². The van der Waals surface area contributed by atoms with Gasteiger partial charge in [-0.05, 0) is 0 Å². The van der Waals surface area contributed by atoms with Gasteiger partial charge in [-0.3, -0.25) is 9.59 Å². The molecular weight excluding hydrogens is 332 g/mol. The van der Waals surface area contributed by atoms with Gasteiger partial charge in [0.25, 0.3) is 0 Å². The van der Waals surface area contributed by atoms with Crippen LogP contribution in [0.25, 0.3) is 0 Å². The Morgan fingerprint density at radius 2 is 1.00 bits per heavy atom. The molecule has 0 rings (SSSR count). The van der Waals surface area contributed by atoms with Crippen LogP contribution < -0.4 is 0 Å². The summed E-state index contributed by atoms with van der Waals surface area (Å²) in [6, 6.07) is 0. The Labute approximate surface area is 135 Å². The van der Waals surface area contributed by atoms with E-state index < -0.39 is 46.5 Å². The first kappa shape index (κ1) is 27.8. The summed E-state index contributed by atoms with van der Waals surface area (Å²) < 4.78 is 0. The Balaban J connectivity index is -0.000000150. The van der Waals surface area contributed by atoms with Gasteiger partial charge in [-0.2, -0.15) is 0 Å². The number of carbonyl (C=O) groups is 3. The first-order chi connectivity index (χ1) is 9.24. The van der Waals surface area contributed by atoms with E-state index in [4.69, 9.17) is 51.1 Å². The van der Waals surface area contributed by atoms with Crippen LogP contribution in [0.4, 0.5) is 0 Å². The molecule has 0 aromatic carbocycles. The minimum Gasteiger partial charge on any atom is -0.481 e. The molecule has 16 heteroatoms. The second-order valence-corrected chi connectivity index (χ2v) is 2.92. The average molecular weight is 340 g/mol. The number of aliphatic carboxylic acids is 3. The fourth-order valence-electron chi connectivity index (χ4n) is 0.714. The first-order valence-corrected chi connectivity index (χ1v) is 4.27. The van der Waals surface area contributed by atoms with Crippen molar-refractivity contribution in [3.05, 3.63) is 30.6 Å². The summed E-state index contributed by atoms with van der Waals surface area (Å²) in [7, 11) is 0. The third-order valence-corrected chi connectivity index (χ3v) is 1.29.